The highest BCUT2D eigenvalue weighted by atomic mass is 127. The van der Waals surface area contributed by atoms with Gasteiger partial charge < -0.3 is 5.32 Å². The molecule has 0 aliphatic rings. The van der Waals surface area contributed by atoms with Crippen LogP contribution in [0.4, 0.5) is 18.9 Å². The Hall–Kier alpha value is -2.00. The van der Waals surface area contributed by atoms with Crippen LogP contribution in [0.15, 0.2) is 30.2 Å². The van der Waals surface area contributed by atoms with Gasteiger partial charge in [-0.25, -0.2) is 13.2 Å². The van der Waals surface area contributed by atoms with Crippen LogP contribution in [-0.4, -0.2) is 20.4 Å². The molecule has 0 fully saturated rings. The fraction of sp³-hybridized carbons (Fsp3) is 0.118. The Morgan fingerprint density at radius 2 is 2.07 bits per heavy atom. The van der Waals surface area contributed by atoms with Gasteiger partial charge in [0.15, 0.2) is 5.83 Å². The average molecular weight is 504 g/mol. The zero-order valence-corrected chi connectivity index (χ0v) is 17.3. The Bertz CT molecular complexity index is 1080. The molecule has 0 spiro atoms. The average Bonchev–Trinajstić information content (AvgIpc) is 2.97. The molecule has 3 aromatic rings. The Balaban J connectivity index is 1.90. The maximum atomic E-state index is 14.4. The lowest BCUT2D eigenvalue weighted by Gasteiger charge is -2.10. The van der Waals surface area contributed by atoms with Gasteiger partial charge in [0.1, 0.15) is 5.82 Å². The third kappa shape index (κ3) is 3.98. The molecule has 2 heterocycles. The number of aryl methyl sites for hydroxylation is 1. The summed E-state index contributed by atoms with van der Waals surface area (Å²) in [6.45, 7) is 3.05. The number of aromatic nitrogens is 3. The van der Waals surface area contributed by atoms with Crippen molar-refractivity contribution in [2.75, 3.05) is 5.32 Å². The van der Waals surface area contributed by atoms with Crippen LogP contribution in [0.3, 0.4) is 0 Å². The van der Waals surface area contributed by atoms with Gasteiger partial charge in [-0.2, -0.15) is 4.39 Å². The monoisotopic (exact) mass is 504 g/mol. The van der Waals surface area contributed by atoms with Crippen LogP contribution in [0.1, 0.15) is 16.8 Å². The molecule has 0 saturated carbocycles. The Kier molecular flexibility index (Phi) is 5.81. The number of nitrogens with one attached hydrogen (secondary N) is 1. The van der Waals surface area contributed by atoms with Gasteiger partial charge in [0.25, 0.3) is 5.91 Å². The second kappa shape index (κ2) is 7.93. The summed E-state index contributed by atoms with van der Waals surface area (Å²) >= 11 is 2.06. The first-order valence-electron chi connectivity index (χ1n) is 7.67. The van der Waals surface area contributed by atoms with Gasteiger partial charge in [-0.3, -0.25) is 9.78 Å². The van der Waals surface area contributed by atoms with E-state index in [0.29, 0.717) is 22.2 Å². The van der Waals surface area contributed by atoms with Crippen molar-refractivity contribution in [3.63, 3.8) is 0 Å². The second-order valence-corrected chi connectivity index (χ2v) is 7.74. The molecule has 1 unspecified atom stereocenters. The van der Waals surface area contributed by atoms with Crippen molar-refractivity contribution in [3.8, 4) is 0 Å². The highest BCUT2D eigenvalue weighted by Crippen LogP contribution is 2.31. The predicted molar refractivity (Wildman–Crippen MR) is 109 cm³/mol. The number of hydrogen-bond donors (Lipinski definition) is 1. The van der Waals surface area contributed by atoms with Gasteiger partial charge in [0, 0.05) is 5.56 Å². The highest BCUT2D eigenvalue weighted by molar-refractivity contribution is 14.2. The summed E-state index contributed by atoms with van der Waals surface area (Å²) < 4.78 is 43.2. The quantitative estimate of drug-likeness (QED) is 0.307. The van der Waals surface area contributed by atoms with Crippen molar-refractivity contribution < 1.29 is 18.0 Å². The topological polar surface area (TPSA) is 59.8 Å². The maximum Gasteiger partial charge on any atom is 0.284 e. The number of halogens is 4. The molecule has 1 aromatic carbocycles. The van der Waals surface area contributed by atoms with E-state index in [9.17, 15) is 18.0 Å². The lowest BCUT2D eigenvalue weighted by Crippen LogP contribution is -2.15. The molecule has 27 heavy (non-hydrogen) atoms. The lowest BCUT2D eigenvalue weighted by molar-refractivity contribution is -0.114. The van der Waals surface area contributed by atoms with Gasteiger partial charge in [-0.1, -0.05) is 6.07 Å². The fourth-order valence-electron chi connectivity index (χ4n) is 2.52. The minimum absolute atomic E-state index is 0.130. The van der Waals surface area contributed by atoms with Crippen molar-refractivity contribution in [3.05, 3.63) is 58.8 Å². The summed E-state index contributed by atoms with van der Waals surface area (Å²) in [4.78, 5) is 16.0. The smallest absolute Gasteiger partial charge is 0.284 e. The number of benzene rings is 1. The highest BCUT2D eigenvalue weighted by Gasteiger charge is 2.16. The third-order valence-electron chi connectivity index (χ3n) is 3.96. The van der Waals surface area contributed by atoms with Crippen LogP contribution in [0, 0.1) is 25.6 Å². The van der Waals surface area contributed by atoms with E-state index in [4.69, 9.17) is 0 Å². The molecule has 0 bridgehead atoms. The molecule has 5 nitrogen and oxygen atoms in total. The molecule has 140 valence electrons. The zero-order valence-electron chi connectivity index (χ0n) is 14.1. The van der Waals surface area contributed by atoms with Crippen molar-refractivity contribution in [1.29, 1.82) is 0 Å². The van der Waals surface area contributed by atoms with E-state index in [0.717, 1.165) is 12.3 Å². The molecular formula is C17H13F3IN4OP. The fourth-order valence-corrected chi connectivity index (χ4v) is 4.03. The molecular weight excluding hydrogens is 491 g/mol. The molecule has 0 aliphatic carbocycles. The van der Waals surface area contributed by atoms with Crippen LogP contribution in [0.5, 0.6) is 0 Å². The maximum absolute atomic E-state index is 14.4. The normalized spacial score (nSPS) is 12.3. The van der Waals surface area contributed by atoms with Gasteiger partial charge in [-0.05, 0) is 59.7 Å². The van der Waals surface area contributed by atoms with Crippen LogP contribution in [-0.2, 0) is 4.79 Å². The molecule has 0 aliphatic heterocycles. The summed E-state index contributed by atoms with van der Waals surface area (Å²) in [7, 11) is 0. The predicted octanol–water partition coefficient (Wildman–Crippen LogP) is 5.07. The van der Waals surface area contributed by atoms with E-state index in [2.05, 4.69) is 37.4 Å². The standard InChI is InChI=1S/C17H13F3IN4OP/c1-8-13(19)7-22-9(2)15(8)23-17(26)12(18)5-10-3-4-11-14(6-10)25(27-21)24-16(11)20/h3-7,27H,1-2H3,(H,23,26)/b12-5-. The van der Waals surface area contributed by atoms with Crippen LogP contribution in [0.2, 0.25) is 0 Å². The van der Waals surface area contributed by atoms with Crippen LogP contribution >= 0.6 is 28.4 Å². The van der Waals surface area contributed by atoms with Gasteiger partial charge in [-0.15, -0.1) is 5.10 Å². The molecule has 2 aromatic heterocycles. The van der Waals surface area contributed by atoms with E-state index >= 15 is 0 Å². The van der Waals surface area contributed by atoms with Crippen molar-refractivity contribution in [1.82, 2.24) is 14.5 Å². The first kappa shape index (κ1) is 19.8. The molecule has 1 N–H and O–H groups in total. The zero-order chi connectivity index (χ0) is 19.7. The summed E-state index contributed by atoms with van der Waals surface area (Å²) in [6, 6.07) is 4.51. The molecule has 1 atom stereocenters. The second-order valence-electron chi connectivity index (χ2n) is 5.70. The first-order chi connectivity index (χ1) is 12.8. The number of carbonyl (C=O) groups excluding carboxylic acids is 1. The van der Waals surface area contributed by atoms with Crippen molar-refractivity contribution >= 4 is 57.0 Å². The molecule has 0 radical (unpaired) electrons. The minimum atomic E-state index is -1.07. The van der Waals surface area contributed by atoms with Crippen LogP contribution in [0.25, 0.3) is 17.0 Å². The SMILES string of the molecule is Cc1ncc(F)c(C)c1NC(=O)/C(F)=C/c1ccc2c(F)nn(PI)c2c1. The summed E-state index contributed by atoms with van der Waals surface area (Å²) in [5.41, 5.74) is 1.55. The van der Waals surface area contributed by atoms with E-state index in [1.54, 1.807) is 13.0 Å². The van der Waals surface area contributed by atoms with E-state index in [1.165, 1.54) is 23.5 Å². The van der Waals surface area contributed by atoms with E-state index in [-0.39, 0.29) is 17.6 Å². The number of amides is 1. The summed E-state index contributed by atoms with van der Waals surface area (Å²) in [6.07, 6.45) is 2.23. The van der Waals surface area contributed by atoms with E-state index < -0.39 is 23.5 Å². The number of nitrogens with zero attached hydrogens (tertiary/aromatic N) is 3. The molecule has 3 rings (SSSR count). The lowest BCUT2D eigenvalue weighted by atomic mass is 10.1. The number of hydrogen-bond acceptors (Lipinski definition) is 3. The van der Waals surface area contributed by atoms with Crippen molar-refractivity contribution in [2.24, 2.45) is 0 Å². The van der Waals surface area contributed by atoms with Gasteiger partial charge in [0.2, 0.25) is 5.95 Å². The van der Waals surface area contributed by atoms with Crippen LogP contribution < -0.4 is 5.32 Å². The Morgan fingerprint density at radius 3 is 2.78 bits per heavy atom. The number of anilines is 1. The number of rotatable bonds is 4. The largest absolute Gasteiger partial charge is 0.318 e. The van der Waals surface area contributed by atoms with E-state index in [1.807, 2.05) is 0 Å². The van der Waals surface area contributed by atoms with Crippen molar-refractivity contribution in [2.45, 2.75) is 13.8 Å². The molecule has 1 amide bonds. The third-order valence-corrected chi connectivity index (χ3v) is 5.83. The number of pyridine rings is 1. The van der Waals surface area contributed by atoms with Gasteiger partial charge >= 0.3 is 0 Å². The van der Waals surface area contributed by atoms with Gasteiger partial charge in [0.05, 0.1) is 34.9 Å². The summed E-state index contributed by atoms with van der Waals surface area (Å²) in [5, 5.41) is 6.42. The molecule has 0 saturated heterocycles. The summed E-state index contributed by atoms with van der Waals surface area (Å²) in [5.74, 6) is -3.29. The molecule has 10 heteroatoms. The Labute approximate surface area is 167 Å². The minimum Gasteiger partial charge on any atom is -0.318 e. The Morgan fingerprint density at radius 1 is 1.33 bits per heavy atom. The number of fused-ring (bicyclic) bond motifs is 1. The first-order valence-corrected chi connectivity index (χ1v) is 11.7. The number of carbonyl (C=O) groups is 1.